The third-order valence-corrected chi connectivity index (χ3v) is 5.13. The summed E-state index contributed by atoms with van der Waals surface area (Å²) in [6.45, 7) is -0.712. The smallest absolute Gasteiger partial charge is 0.271 e. The van der Waals surface area contributed by atoms with E-state index in [4.69, 9.17) is 16.3 Å². The van der Waals surface area contributed by atoms with Crippen LogP contribution in [0, 0.1) is 10.1 Å². The average Bonchev–Trinajstić information content (AvgIpc) is 2.59. The summed E-state index contributed by atoms with van der Waals surface area (Å²) < 4.78 is 31.6. The lowest BCUT2D eigenvalue weighted by atomic mass is 10.2. The number of sulfonamides is 1. The molecular weight excluding hydrogens is 372 g/mol. The Hall–Kier alpha value is -2.65. The van der Waals surface area contributed by atoms with Gasteiger partial charge in [0.2, 0.25) is 5.24 Å². The van der Waals surface area contributed by atoms with E-state index in [1.54, 1.807) is 6.07 Å². The zero-order valence-corrected chi connectivity index (χ0v) is 14.5. The minimum atomic E-state index is -4.20. The van der Waals surface area contributed by atoms with Gasteiger partial charge in [-0.1, -0.05) is 18.2 Å². The van der Waals surface area contributed by atoms with Crippen molar-refractivity contribution in [1.82, 2.24) is 0 Å². The summed E-state index contributed by atoms with van der Waals surface area (Å²) in [5, 5.41) is 10.1. The molecule has 2 aromatic carbocycles. The van der Waals surface area contributed by atoms with Crippen molar-refractivity contribution in [2.24, 2.45) is 0 Å². The highest BCUT2D eigenvalue weighted by molar-refractivity contribution is 7.92. The lowest BCUT2D eigenvalue weighted by Crippen LogP contribution is -2.34. The van der Waals surface area contributed by atoms with Gasteiger partial charge in [-0.05, 0) is 29.8 Å². The highest BCUT2D eigenvalue weighted by Gasteiger charge is 2.30. The number of nitro groups is 1. The number of non-ortho nitro benzene ring substituents is 1. The van der Waals surface area contributed by atoms with Crippen LogP contribution in [0.5, 0.6) is 5.75 Å². The van der Waals surface area contributed by atoms with Crippen LogP contribution in [0.1, 0.15) is 0 Å². The first kappa shape index (κ1) is 18.7. The Morgan fingerprint density at radius 3 is 2.40 bits per heavy atom. The maximum absolute atomic E-state index is 12.9. The second-order valence-corrected chi connectivity index (χ2v) is 7.08. The molecule has 10 heteroatoms. The van der Waals surface area contributed by atoms with Crippen LogP contribution in [0.3, 0.4) is 0 Å². The van der Waals surface area contributed by atoms with Crippen molar-refractivity contribution < 1.29 is 22.9 Å². The van der Waals surface area contributed by atoms with Gasteiger partial charge < -0.3 is 4.74 Å². The first-order valence-corrected chi connectivity index (χ1v) is 8.67. The summed E-state index contributed by atoms with van der Waals surface area (Å²) in [4.78, 5) is 21.7. The van der Waals surface area contributed by atoms with Crippen LogP contribution >= 0.6 is 11.6 Å². The molecule has 0 radical (unpaired) electrons. The second-order valence-electron chi connectivity index (χ2n) is 4.79. The maximum Gasteiger partial charge on any atom is 0.271 e. The SMILES string of the molecule is COc1ccc([N+](=O)[O-])cc1N(CC(=O)Cl)S(=O)(=O)c1ccccc1. The molecule has 0 aliphatic rings. The molecule has 0 unspecified atom stereocenters. The number of methoxy groups -OCH3 is 1. The zero-order valence-electron chi connectivity index (χ0n) is 13.0. The fourth-order valence-electron chi connectivity index (χ4n) is 2.12. The van der Waals surface area contributed by atoms with E-state index in [0.717, 1.165) is 12.1 Å². The molecule has 0 aliphatic heterocycles. The topological polar surface area (TPSA) is 107 Å². The monoisotopic (exact) mass is 384 g/mol. The van der Waals surface area contributed by atoms with Gasteiger partial charge in [0.05, 0.1) is 16.9 Å². The Balaban J connectivity index is 2.68. The van der Waals surface area contributed by atoms with E-state index >= 15 is 0 Å². The number of halogens is 1. The number of hydrogen-bond acceptors (Lipinski definition) is 6. The van der Waals surface area contributed by atoms with Crippen LogP contribution in [-0.2, 0) is 14.8 Å². The van der Waals surface area contributed by atoms with Crippen LogP contribution in [0.2, 0.25) is 0 Å². The molecule has 2 rings (SSSR count). The molecule has 0 amide bonds. The Labute approximate surface area is 148 Å². The van der Waals surface area contributed by atoms with Gasteiger partial charge in [0, 0.05) is 12.1 Å². The van der Waals surface area contributed by atoms with Crippen LogP contribution in [-0.4, -0.2) is 32.2 Å². The Morgan fingerprint density at radius 1 is 1.24 bits per heavy atom. The predicted octanol–water partition coefficient (Wildman–Crippen LogP) is 2.56. The third-order valence-electron chi connectivity index (χ3n) is 3.24. The molecule has 0 spiro atoms. The summed E-state index contributed by atoms with van der Waals surface area (Å²) in [6, 6.07) is 10.8. The molecule has 0 saturated carbocycles. The van der Waals surface area contributed by atoms with E-state index in [-0.39, 0.29) is 22.0 Å². The quantitative estimate of drug-likeness (QED) is 0.412. The normalized spacial score (nSPS) is 11.0. The van der Waals surface area contributed by atoms with Gasteiger partial charge in [-0.15, -0.1) is 0 Å². The number of carbonyl (C=O) groups excluding carboxylic acids is 1. The average molecular weight is 385 g/mol. The van der Waals surface area contributed by atoms with Crippen molar-refractivity contribution >= 4 is 38.2 Å². The molecule has 0 aliphatic carbocycles. The molecule has 0 atom stereocenters. The van der Waals surface area contributed by atoms with Crippen LogP contribution < -0.4 is 9.04 Å². The molecular formula is C15H13ClN2O6S. The van der Waals surface area contributed by atoms with Crippen molar-refractivity contribution in [3.8, 4) is 5.75 Å². The van der Waals surface area contributed by atoms with Crippen molar-refractivity contribution in [3.05, 3.63) is 58.6 Å². The highest BCUT2D eigenvalue weighted by Crippen LogP contribution is 2.35. The summed E-state index contributed by atoms with van der Waals surface area (Å²) in [5.41, 5.74) is -0.513. The first-order chi connectivity index (χ1) is 11.8. The van der Waals surface area contributed by atoms with Crippen molar-refractivity contribution in [1.29, 1.82) is 0 Å². The fourth-order valence-corrected chi connectivity index (χ4v) is 3.75. The number of benzene rings is 2. The van der Waals surface area contributed by atoms with Gasteiger partial charge >= 0.3 is 0 Å². The molecule has 0 bridgehead atoms. The predicted molar refractivity (Wildman–Crippen MR) is 91.5 cm³/mol. The first-order valence-electron chi connectivity index (χ1n) is 6.86. The van der Waals surface area contributed by atoms with Gasteiger partial charge in [0.25, 0.3) is 15.7 Å². The number of nitro benzene ring substituents is 1. The molecule has 25 heavy (non-hydrogen) atoms. The zero-order chi connectivity index (χ0) is 18.6. The van der Waals surface area contributed by atoms with E-state index in [1.807, 2.05) is 0 Å². The largest absolute Gasteiger partial charge is 0.495 e. The van der Waals surface area contributed by atoms with E-state index in [0.29, 0.717) is 4.31 Å². The standard InChI is InChI=1S/C15H13ClN2O6S/c1-24-14-8-7-11(18(20)21)9-13(14)17(10-15(16)19)25(22,23)12-5-3-2-4-6-12/h2-9H,10H2,1H3. The third kappa shape index (κ3) is 4.06. The van der Waals surface area contributed by atoms with Gasteiger partial charge in [-0.3, -0.25) is 19.2 Å². The van der Waals surface area contributed by atoms with Crippen molar-refractivity contribution in [3.63, 3.8) is 0 Å². The van der Waals surface area contributed by atoms with Gasteiger partial charge in [0.15, 0.2) is 0 Å². The van der Waals surface area contributed by atoms with Crippen molar-refractivity contribution in [2.75, 3.05) is 18.0 Å². The Morgan fingerprint density at radius 2 is 1.88 bits per heavy atom. The molecule has 0 aromatic heterocycles. The van der Waals surface area contributed by atoms with E-state index in [9.17, 15) is 23.3 Å². The second kappa shape index (κ2) is 7.49. The summed E-state index contributed by atoms with van der Waals surface area (Å²) in [5.74, 6) is 0.0445. The molecule has 132 valence electrons. The molecule has 8 nitrogen and oxygen atoms in total. The number of ether oxygens (including phenoxy) is 1. The summed E-state index contributed by atoms with van der Waals surface area (Å²) >= 11 is 5.39. The van der Waals surface area contributed by atoms with E-state index in [2.05, 4.69) is 0 Å². The van der Waals surface area contributed by atoms with Crippen molar-refractivity contribution in [2.45, 2.75) is 4.90 Å². The summed E-state index contributed by atoms with van der Waals surface area (Å²) in [6.07, 6.45) is 0. The number of hydrogen-bond donors (Lipinski definition) is 0. The lowest BCUT2D eigenvalue weighted by Gasteiger charge is -2.24. The van der Waals surface area contributed by atoms with Gasteiger partial charge in [0.1, 0.15) is 18.0 Å². The molecule has 0 N–H and O–H groups in total. The molecule has 0 heterocycles. The summed E-state index contributed by atoms with van der Waals surface area (Å²) in [7, 11) is -2.92. The molecule has 0 saturated heterocycles. The van der Waals surface area contributed by atoms with Crippen LogP contribution in [0.25, 0.3) is 0 Å². The Kier molecular flexibility index (Phi) is 5.60. The van der Waals surface area contributed by atoms with E-state index in [1.165, 1.54) is 37.4 Å². The van der Waals surface area contributed by atoms with E-state index < -0.39 is 26.7 Å². The minimum Gasteiger partial charge on any atom is -0.495 e. The highest BCUT2D eigenvalue weighted by atomic mass is 35.5. The number of rotatable bonds is 7. The molecule has 2 aromatic rings. The van der Waals surface area contributed by atoms with Gasteiger partial charge in [-0.2, -0.15) is 0 Å². The fraction of sp³-hybridized carbons (Fsp3) is 0.133. The molecule has 0 fully saturated rings. The maximum atomic E-state index is 12.9. The lowest BCUT2D eigenvalue weighted by molar-refractivity contribution is -0.384. The van der Waals surface area contributed by atoms with Gasteiger partial charge in [-0.25, -0.2) is 8.42 Å². The number of carbonyl (C=O) groups is 1. The number of nitrogens with zero attached hydrogens (tertiary/aromatic N) is 2. The minimum absolute atomic E-state index is 0.0445. The van der Waals surface area contributed by atoms with Crippen LogP contribution in [0.4, 0.5) is 11.4 Å². The Bertz CT molecular complexity index is 901. The van der Waals surface area contributed by atoms with Crippen LogP contribution in [0.15, 0.2) is 53.4 Å². The number of anilines is 1.